The van der Waals surface area contributed by atoms with Gasteiger partial charge in [0.25, 0.3) is 0 Å². The van der Waals surface area contributed by atoms with E-state index in [4.69, 9.17) is 9.84 Å². The predicted octanol–water partition coefficient (Wildman–Crippen LogP) is 4.05. The maximum Gasteiger partial charge on any atom is 0.110 e. The summed E-state index contributed by atoms with van der Waals surface area (Å²) in [5.74, 6) is 0.759. The predicted molar refractivity (Wildman–Crippen MR) is 88.3 cm³/mol. The molecule has 2 fully saturated rings. The van der Waals surface area contributed by atoms with Crippen LogP contribution in [0.3, 0.4) is 0 Å². The summed E-state index contributed by atoms with van der Waals surface area (Å²) in [4.78, 5) is 0. The number of aliphatic hydroxyl groups is 1. The molecular weight excluding hydrogens is 622 g/mol. The van der Waals surface area contributed by atoms with Crippen LogP contribution in [0, 0.1) is 50.0 Å². The number of rotatable bonds is 3. The molecule has 0 aromatic rings. The van der Waals surface area contributed by atoms with Crippen LogP contribution in [0.2, 0.25) is 0 Å². The molecule has 1 N–H and O–H groups in total. The fraction of sp³-hybridized carbons (Fsp3) is 1.00. The molecule has 2 aliphatic rings. The van der Waals surface area contributed by atoms with Crippen LogP contribution >= 0.6 is 39.0 Å². The number of halogens is 2. The van der Waals surface area contributed by atoms with Crippen LogP contribution < -0.4 is 0 Å². The molecule has 1 radical (unpaired) electrons. The fourth-order valence-corrected chi connectivity index (χ4v) is 4.75. The van der Waals surface area contributed by atoms with Crippen molar-refractivity contribution in [3.05, 3.63) is 0 Å². The van der Waals surface area contributed by atoms with Gasteiger partial charge < -0.3 is 14.4 Å². The Morgan fingerprint density at radius 3 is 2.05 bits per heavy atom. The SMILES string of the molecule is CP(C)(=O)C1CC[C@H](CBr)O1.OC1CC[C@H](CBr)C1.[Ac]. The Bertz CT molecular complexity index is 314. The van der Waals surface area contributed by atoms with E-state index in [0.717, 1.165) is 42.3 Å². The zero-order chi connectivity index (χ0) is 14.5. The molecule has 20 heavy (non-hydrogen) atoms. The maximum absolute atomic E-state index is 11.5. The van der Waals surface area contributed by atoms with Crippen molar-refractivity contribution < 1.29 is 58.5 Å². The third kappa shape index (κ3) is 8.42. The molecular formula is C13H25AcBr2O3P. The Labute approximate surface area is 175 Å². The van der Waals surface area contributed by atoms with Crippen LogP contribution in [-0.4, -0.2) is 47.1 Å². The molecule has 3 nitrogen and oxygen atoms in total. The van der Waals surface area contributed by atoms with Crippen molar-refractivity contribution in [2.75, 3.05) is 24.0 Å². The average Bonchev–Trinajstić information content (AvgIpc) is 2.97. The third-order valence-corrected chi connectivity index (χ3v) is 7.09. The molecule has 7 heteroatoms. The molecule has 0 amide bonds. The summed E-state index contributed by atoms with van der Waals surface area (Å²) >= 11 is 6.75. The second kappa shape index (κ2) is 11.2. The summed E-state index contributed by atoms with van der Waals surface area (Å²) in [5.41, 5.74) is 0. The van der Waals surface area contributed by atoms with E-state index in [2.05, 4.69) is 31.9 Å². The first-order chi connectivity index (χ1) is 8.86. The number of hydrogen-bond donors (Lipinski definition) is 1. The van der Waals surface area contributed by atoms with E-state index in [0.29, 0.717) is 0 Å². The van der Waals surface area contributed by atoms with E-state index in [9.17, 15) is 4.57 Å². The van der Waals surface area contributed by atoms with E-state index in [1.165, 1.54) is 6.42 Å². The first-order valence-electron chi connectivity index (χ1n) is 6.87. The van der Waals surface area contributed by atoms with Gasteiger partial charge in [0, 0.05) is 54.7 Å². The summed E-state index contributed by atoms with van der Waals surface area (Å²) in [5, 5.41) is 10.9. The summed E-state index contributed by atoms with van der Waals surface area (Å²) in [6.07, 6.45) is 5.50. The van der Waals surface area contributed by atoms with Crippen molar-refractivity contribution in [2.45, 2.75) is 50.2 Å². The first kappa shape index (κ1) is 22.6. The molecule has 2 unspecified atom stereocenters. The minimum Gasteiger partial charge on any atom is -0.393 e. The number of alkyl halides is 2. The van der Waals surface area contributed by atoms with Crippen LogP contribution in [0.5, 0.6) is 0 Å². The van der Waals surface area contributed by atoms with Crippen molar-refractivity contribution in [2.24, 2.45) is 5.92 Å². The van der Waals surface area contributed by atoms with Gasteiger partial charge in [-0.25, -0.2) is 0 Å². The zero-order valence-electron chi connectivity index (χ0n) is 12.3. The Kier molecular flexibility index (Phi) is 12.6. The van der Waals surface area contributed by atoms with E-state index < -0.39 is 7.14 Å². The van der Waals surface area contributed by atoms with Gasteiger partial charge in [-0.15, -0.1) is 0 Å². The van der Waals surface area contributed by atoms with Crippen molar-refractivity contribution in [1.82, 2.24) is 0 Å². The number of aliphatic hydroxyl groups excluding tert-OH is 1. The smallest absolute Gasteiger partial charge is 0.110 e. The molecule has 1 aliphatic heterocycles. The molecule has 1 aliphatic carbocycles. The van der Waals surface area contributed by atoms with E-state index in [-0.39, 0.29) is 62.1 Å². The minimum atomic E-state index is -2.01. The van der Waals surface area contributed by atoms with Gasteiger partial charge in [-0.1, -0.05) is 31.9 Å². The van der Waals surface area contributed by atoms with E-state index in [1.807, 2.05) is 0 Å². The van der Waals surface area contributed by atoms with Gasteiger partial charge in [0.1, 0.15) is 13.0 Å². The van der Waals surface area contributed by atoms with Gasteiger partial charge in [-0.2, -0.15) is 0 Å². The van der Waals surface area contributed by atoms with Crippen LogP contribution in [-0.2, 0) is 9.30 Å². The molecule has 2 rings (SSSR count). The fourth-order valence-electron chi connectivity index (χ4n) is 2.45. The average molecular weight is 647 g/mol. The second-order valence-electron chi connectivity index (χ2n) is 5.87. The Hall–Kier alpha value is 2.55. The van der Waals surface area contributed by atoms with Crippen molar-refractivity contribution in [1.29, 1.82) is 0 Å². The largest absolute Gasteiger partial charge is 0.393 e. The van der Waals surface area contributed by atoms with Crippen LogP contribution in [0.25, 0.3) is 0 Å². The van der Waals surface area contributed by atoms with Gasteiger partial charge in [0.15, 0.2) is 0 Å². The summed E-state index contributed by atoms with van der Waals surface area (Å²) in [6.45, 7) is 3.60. The molecule has 0 aromatic heterocycles. The molecule has 1 saturated heterocycles. The minimum absolute atomic E-state index is 0. The summed E-state index contributed by atoms with van der Waals surface area (Å²) in [6, 6.07) is 0. The van der Waals surface area contributed by atoms with Crippen molar-refractivity contribution in [3.8, 4) is 0 Å². The standard InChI is InChI=1S/C7H14BrO2P.C6H11BrO.Ac/c1-11(2,9)7-4-3-6(5-8)10-7;7-4-5-1-2-6(8)3-5;/h6-7H,3-5H2,1-2H3;5-6,8H,1-4H2;/t6-,7?;5-,6?;/m10./s1. The summed E-state index contributed by atoms with van der Waals surface area (Å²) in [7, 11) is -2.01. The first-order valence-corrected chi connectivity index (χ1v) is 11.8. The van der Waals surface area contributed by atoms with Gasteiger partial charge in [-0.05, 0) is 51.4 Å². The van der Waals surface area contributed by atoms with Crippen LogP contribution in [0.4, 0.5) is 0 Å². The normalized spacial score (nSPS) is 33.2. The summed E-state index contributed by atoms with van der Waals surface area (Å²) < 4.78 is 17.1. The van der Waals surface area contributed by atoms with Crippen molar-refractivity contribution in [3.63, 3.8) is 0 Å². The number of ether oxygens (including phenoxy) is 1. The second-order valence-corrected chi connectivity index (χ2v) is 10.6. The van der Waals surface area contributed by atoms with E-state index in [1.54, 1.807) is 13.3 Å². The van der Waals surface area contributed by atoms with Crippen LogP contribution in [0.15, 0.2) is 0 Å². The Balaban J connectivity index is 0.000000359. The Morgan fingerprint density at radius 2 is 1.80 bits per heavy atom. The maximum atomic E-state index is 11.5. The quantitative estimate of drug-likeness (QED) is 0.372. The molecule has 1 saturated carbocycles. The monoisotopic (exact) mass is 645 g/mol. The molecule has 0 bridgehead atoms. The van der Waals surface area contributed by atoms with Gasteiger partial charge in [-0.3, -0.25) is 0 Å². The molecule has 117 valence electrons. The van der Waals surface area contributed by atoms with Crippen molar-refractivity contribution >= 4 is 39.0 Å². The third-order valence-electron chi connectivity index (χ3n) is 3.68. The van der Waals surface area contributed by atoms with E-state index >= 15 is 0 Å². The molecule has 0 aromatic carbocycles. The van der Waals surface area contributed by atoms with Gasteiger partial charge in [0.05, 0.1) is 12.2 Å². The zero-order valence-corrected chi connectivity index (χ0v) is 21.1. The molecule has 0 spiro atoms. The van der Waals surface area contributed by atoms with Gasteiger partial charge >= 0.3 is 0 Å². The molecule has 4 atom stereocenters. The molecule has 1 heterocycles. The number of hydrogen-bond acceptors (Lipinski definition) is 3. The Morgan fingerprint density at radius 1 is 1.15 bits per heavy atom. The topological polar surface area (TPSA) is 46.5 Å². The van der Waals surface area contributed by atoms with Crippen LogP contribution in [0.1, 0.15) is 32.1 Å². The van der Waals surface area contributed by atoms with Gasteiger partial charge in [0.2, 0.25) is 0 Å².